The van der Waals surface area contributed by atoms with Crippen molar-refractivity contribution >= 4 is 5.91 Å². The number of hydrogen-bond donors (Lipinski definition) is 1. The van der Waals surface area contributed by atoms with Crippen LogP contribution >= 0.6 is 0 Å². The minimum Gasteiger partial charge on any atom is -0.394 e. The zero-order valence-electron chi connectivity index (χ0n) is 10.7. The van der Waals surface area contributed by atoms with E-state index in [1.165, 1.54) is 0 Å². The van der Waals surface area contributed by atoms with Gasteiger partial charge in [0.05, 0.1) is 19.3 Å². The van der Waals surface area contributed by atoms with Crippen LogP contribution in [0.15, 0.2) is 18.3 Å². The monoisotopic (exact) mass is 252 g/mol. The third-order valence-corrected chi connectivity index (χ3v) is 3.43. The number of hydrogen-bond acceptors (Lipinski definition) is 3. The summed E-state index contributed by atoms with van der Waals surface area (Å²) in [6.45, 7) is 2.03. The Morgan fingerprint density at radius 1 is 1.61 bits per heavy atom. The average Bonchev–Trinajstić information content (AvgIpc) is 3.03. The lowest BCUT2D eigenvalue weighted by atomic mass is 10.2. The summed E-state index contributed by atoms with van der Waals surface area (Å²) in [7, 11) is 1.65. The molecule has 1 aliphatic rings. The van der Waals surface area contributed by atoms with Crippen LogP contribution in [-0.4, -0.2) is 53.4 Å². The van der Waals surface area contributed by atoms with E-state index < -0.39 is 0 Å². The number of nitrogens with zero attached hydrogens (tertiary/aromatic N) is 2. The number of ether oxygens (including phenoxy) is 1. The molecule has 1 N–H and O–H groups in total. The number of methoxy groups -OCH3 is 1. The molecule has 1 saturated heterocycles. The van der Waals surface area contributed by atoms with Crippen LogP contribution in [0.1, 0.15) is 23.3 Å². The van der Waals surface area contributed by atoms with E-state index in [2.05, 4.69) is 0 Å². The fourth-order valence-corrected chi connectivity index (χ4v) is 2.43. The van der Waals surface area contributed by atoms with Crippen molar-refractivity contribution in [3.63, 3.8) is 0 Å². The SMILES string of the molecule is COCCn1cccc1C(=O)N1CCC[C@@H]1CO. The van der Waals surface area contributed by atoms with Crippen molar-refractivity contribution < 1.29 is 14.6 Å². The molecule has 2 rings (SSSR count). The Kier molecular flexibility index (Phi) is 4.38. The number of carbonyl (C=O) groups excluding carboxylic acids is 1. The zero-order chi connectivity index (χ0) is 13.0. The summed E-state index contributed by atoms with van der Waals surface area (Å²) in [5, 5.41) is 9.27. The largest absolute Gasteiger partial charge is 0.394 e. The van der Waals surface area contributed by atoms with Gasteiger partial charge in [-0.2, -0.15) is 0 Å². The highest BCUT2D eigenvalue weighted by Crippen LogP contribution is 2.20. The average molecular weight is 252 g/mol. The molecule has 0 bridgehead atoms. The summed E-state index contributed by atoms with van der Waals surface area (Å²) in [6.07, 6.45) is 3.74. The van der Waals surface area contributed by atoms with Crippen LogP contribution in [0.25, 0.3) is 0 Å². The van der Waals surface area contributed by atoms with Crippen molar-refractivity contribution in [3.8, 4) is 0 Å². The minimum atomic E-state index is -0.0247. The summed E-state index contributed by atoms with van der Waals surface area (Å²) in [5.41, 5.74) is 0.674. The van der Waals surface area contributed by atoms with Crippen molar-refractivity contribution in [1.82, 2.24) is 9.47 Å². The minimum absolute atomic E-state index is 0.00709. The molecule has 5 heteroatoms. The molecular formula is C13H20N2O3. The molecule has 1 aromatic heterocycles. The van der Waals surface area contributed by atoms with Gasteiger partial charge in [0, 0.05) is 26.4 Å². The molecule has 1 aliphatic heterocycles. The predicted octanol–water partition coefficient (Wildman–Crippen LogP) is 0.731. The van der Waals surface area contributed by atoms with Crippen molar-refractivity contribution in [2.45, 2.75) is 25.4 Å². The zero-order valence-corrected chi connectivity index (χ0v) is 10.7. The van der Waals surface area contributed by atoms with Gasteiger partial charge >= 0.3 is 0 Å². The second kappa shape index (κ2) is 6.02. The first-order chi connectivity index (χ1) is 8.77. The van der Waals surface area contributed by atoms with Crippen molar-refractivity contribution in [3.05, 3.63) is 24.0 Å². The van der Waals surface area contributed by atoms with E-state index in [4.69, 9.17) is 4.74 Å². The van der Waals surface area contributed by atoms with Crippen LogP contribution in [0, 0.1) is 0 Å². The van der Waals surface area contributed by atoms with Crippen molar-refractivity contribution in [2.24, 2.45) is 0 Å². The molecule has 1 atom stereocenters. The van der Waals surface area contributed by atoms with E-state index in [9.17, 15) is 9.90 Å². The third-order valence-electron chi connectivity index (χ3n) is 3.43. The molecule has 1 amide bonds. The van der Waals surface area contributed by atoms with Crippen LogP contribution in [0.2, 0.25) is 0 Å². The fraction of sp³-hybridized carbons (Fsp3) is 0.615. The van der Waals surface area contributed by atoms with Gasteiger partial charge in [0.2, 0.25) is 0 Å². The first kappa shape index (κ1) is 13.1. The normalized spacial score (nSPS) is 19.4. The molecule has 5 nitrogen and oxygen atoms in total. The first-order valence-corrected chi connectivity index (χ1v) is 6.34. The van der Waals surface area contributed by atoms with Gasteiger partial charge < -0.3 is 19.3 Å². The molecule has 0 saturated carbocycles. The maximum atomic E-state index is 12.4. The highest BCUT2D eigenvalue weighted by Gasteiger charge is 2.29. The standard InChI is InChI=1S/C13H20N2O3/c1-18-9-8-14-6-3-5-12(14)13(17)15-7-2-4-11(15)10-16/h3,5-6,11,16H,2,4,7-10H2,1H3/t11-/m1/s1. The van der Waals surface area contributed by atoms with Gasteiger partial charge in [0.15, 0.2) is 0 Å². The third kappa shape index (κ3) is 2.57. The van der Waals surface area contributed by atoms with E-state index in [1.807, 2.05) is 22.9 Å². The Balaban J connectivity index is 2.10. The molecular weight excluding hydrogens is 232 g/mol. The Hall–Kier alpha value is -1.33. The lowest BCUT2D eigenvalue weighted by Gasteiger charge is -2.23. The number of likely N-dealkylation sites (tertiary alicyclic amines) is 1. The van der Waals surface area contributed by atoms with Crippen LogP contribution < -0.4 is 0 Å². The topological polar surface area (TPSA) is 54.7 Å². The number of aliphatic hydroxyl groups excluding tert-OH is 1. The smallest absolute Gasteiger partial charge is 0.270 e. The number of rotatable bonds is 5. The van der Waals surface area contributed by atoms with Crippen LogP contribution in [0.3, 0.4) is 0 Å². The highest BCUT2D eigenvalue weighted by atomic mass is 16.5. The second-order valence-electron chi connectivity index (χ2n) is 4.56. The van der Waals surface area contributed by atoms with Crippen molar-refractivity contribution in [1.29, 1.82) is 0 Å². The lowest BCUT2D eigenvalue weighted by molar-refractivity contribution is 0.0664. The summed E-state index contributed by atoms with van der Waals surface area (Å²) in [5.74, 6) is 0.00709. The summed E-state index contributed by atoms with van der Waals surface area (Å²) < 4.78 is 6.93. The van der Waals surface area contributed by atoms with Gasteiger partial charge in [0.1, 0.15) is 5.69 Å². The van der Waals surface area contributed by atoms with E-state index in [0.29, 0.717) is 18.8 Å². The molecule has 0 aromatic carbocycles. The Bertz CT molecular complexity index is 403. The van der Waals surface area contributed by atoms with Gasteiger partial charge in [-0.3, -0.25) is 4.79 Å². The number of amides is 1. The molecule has 0 radical (unpaired) electrons. The van der Waals surface area contributed by atoms with E-state index in [0.717, 1.165) is 19.4 Å². The molecule has 2 heterocycles. The maximum absolute atomic E-state index is 12.4. The molecule has 18 heavy (non-hydrogen) atoms. The van der Waals surface area contributed by atoms with Gasteiger partial charge in [0.25, 0.3) is 5.91 Å². The van der Waals surface area contributed by atoms with E-state index in [1.54, 1.807) is 12.0 Å². The summed E-state index contributed by atoms with van der Waals surface area (Å²) >= 11 is 0. The van der Waals surface area contributed by atoms with Crippen LogP contribution in [0.4, 0.5) is 0 Å². The molecule has 1 fully saturated rings. The second-order valence-corrected chi connectivity index (χ2v) is 4.56. The summed E-state index contributed by atoms with van der Waals surface area (Å²) in [6, 6.07) is 3.67. The van der Waals surface area contributed by atoms with E-state index >= 15 is 0 Å². The Labute approximate surface area is 107 Å². The van der Waals surface area contributed by atoms with E-state index in [-0.39, 0.29) is 18.6 Å². The maximum Gasteiger partial charge on any atom is 0.270 e. The predicted molar refractivity (Wildman–Crippen MR) is 67.5 cm³/mol. The van der Waals surface area contributed by atoms with Gasteiger partial charge in [-0.15, -0.1) is 0 Å². The van der Waals surface area contributed by atoms with Gasteiger partial charge in [-0.1, -0.05) is 0 Å². The molecule has 0 spiro atoms. The Morgan fingerprint density at radius 2 is 2.44 bits per heavy atom. The highest BCUT2D eigenvalue weighted by molar-refractivity contribution is 5.93. The van der Waals surface area contributed by atoms with Crippen LogP contribution in [-0.2, 0) is 11.3 Å². The van der Waals surface area contributed by atoms with Gasteiger partial charge in [-0.25, -0.2) is 0 Å². The number of aliphatic hydroxyl groups is 1. The summed E-state index contributed by atoms with van der Waals surface area (Å²) in [4.78, 5) is 14.2. The first-order valence-electron chi connectivity index (χ1n) is 6.34. The number of carbonyl (C=O) groups is 1. The Morgan fingerprint density at radius 3 is 3.17 bits per heavy atom. The molecule has 100 valence electrons. The number of aromatic nitrogens is 1. The quantitative estimate of drug-likeness (QED) is 0.840. The lowest BCUT2D eigenvalue weighted by Crippen LogP contribution is -2.38. The molecule has 1 aromatic rings. The fourth-order valence-electron chi connectivity index (χ4n) is 2.43. The van der Waals surface area contributed by atoms with Gasteiger partial charge in [-0.05, 0) is 25.0 Å². The van der Waals surface area contributed by atoms with Crippen LogP contribution in [0.5, 0.6) is 0 Å². The molecule has 0 unspecified atom stereocenters. The van der Waals surface area contributed by atoms with Crippen molar-refractivity contribution in [2.75, 3.05) is 26.9 Å². The molecule has 0 aliphatic carbocycles.